The predicted octanol–water partition coefficient (Wildman–Crippen LogP) is 4.47. The second-order valence-corrected chi connectivity index (χ2v) is 5.17. The minimum absolute atomic E-state index is 0.265. The largest absolute Gasteiger partial charge is 0.507 e. The third kappa shape index (κ3) is 2.95. The van der Waals surface area contributed by atoms with E-state index in [1.54, 1.807) is 12.3 Å². The van der Waals surface area contributed by atoms with Crippen LogP contribution in [0.1, 0.15) is 16.7 Å². The van der Waals surface area contributed by atoms with E-state index in [1.807, 2.05) is 30.3 Å². The lowest BCUT2D eigenvalue weighted by Gasteiger charge is -2.04. The van der Waals surface area contributed by atoms with Crippen molar-refractivity contribution >= 4 is 17.0 Å². The van der Waals surface area contributed by atoms with Gasteiger partial charge in [0.15, 0.2) is 0 Å². The molecule has 0 fully saturated rings. The third-order valence-corrected chi connectivity index (χ3v) is 3.56. The van der Waals surface area contributed by atoms with Crippen molar-refractivity contribution in [3.63, 3.8) is 0 Å². The van der Waals surface area contributed by atoms with Crippen LogP contribution in [0.2, 0.25) is 0 Å². The molecule has 2 heteroatoms. The molecule has 3 aromatic carbocycles. The van der Waals surface area contributed by atoms with Gasteiger partial charge in [0, 0.05) is 11.8 Å². The Kier molecular flexibility index (Phi) is 3.69. The van der Waals surface area contributed by atoms with E-state index in [2.05, 4.69) is 36.2 Å². The summed E-state index contributed by atoms with van der Waals surface area (Å²) in [6, 6.07) is 20.0. The molecule has 0 heterocycles. The number of phenolic OH excluding ortho intramolecular Hbond substituents is 1. The Balaban J connectivity index is 1.89. The lowest BCUT2D eigenvalue weighted by atomic mass is 10.0. The molecule has 0 amide bonds. The number of hydrogen-bond donors (Lipinski definition) is 1. The van der Waals surface area contributed by atoms with E-state index >= 15 is 0 Å². The summed E-state index contributed by atoms with van der Waals surface area (Å²) >= 11 is 0. The van der Waals surface area contributed by atoms with Crippen LogP contribution in [-0.2, 0) is 6.54 Å². The van der Waals surface area contributed by atoms with Crippen molar-refractivity contribution in [1.82, 2.24) is 0 Å². The molecule has 1 N–H and O–H groups in total. The van der Waals surface area contributed by atoms with Gasteiger partial charge < -0.3 is 5.11 Å². The second-order valence-electron chi connectivity index (χ2n) is 5.17. The van der Waals surface area contributed by atoms with Gasteiger partial charge in [-0.05, 0) is 29.3 Å². The van der Waals surface area contributed by atoms with Crippen molar-refractivity contribution in [3.8, 4) is 5.75 Å². The third-order valence-electron chi connectivity index (χ3n) is 3.56. The van der Waals surface area contributed by atoms with Crippen LogP contribution < -0.4 is 0 Å². The fourth-order valence-electron chi connectivity index (χ4n) is 2.36. The molecule has 21 heavy (non-hydrogen) atoms. The average molecular weight is 275 g/mol. The Morgan fingerprint density at radius 2 is 1.71 bits per heavy atom. The lowest BCUT2D eigenvalue weighted by Crippen LogP contribution is -1.88. The molecule has 3 aromatic rings. The molecule has 0 radical (unpaired) electrons. The average Bonchev–Trinajstić information content (AvgIpc) is 2.51. The minimum atomic E-state index is 0.265. The number of fused-ring (bicyclic) bond motifs is 1. The molecule has 0 aliphatic rings. The van der Waals surface area contributed by atoms with Gasteiger partial charge in [-0.3, -0.25) is 4.99 Å². The zero-order valence-corrected chi connectivity index (χ0v) is 12.0. The van der Waals surface area contributed by atoms with Gasteiger partial charge in [0.2, 0.25) is 0 Å². The van der Waals surface area contributed by atoms with Crippen LogP contribution in [0.15, 0.2) is 65.7 Å². The zero-order valence-electron chi connectivity index (χ0n) is 12.0. The summed E-state index contributed by atoms with van der Waals surface area (Å²) in [5, 5.41) is 12.2. The SMILES string of the molecule is Cc1ccc(CN=Cc2c(O)ccc3ccccc23)cc1. The predicted molar refractivity (Wildman–Crippen MR) is 88.1 cm³/mol. The molecular weight excluding hydrogens is 258 g/mol. The Bertz CT molecular complexity index is 788. The first kappa shape index (κ1) is 13.4. The molecule has 0 aliphatic carbocycles. The van der Waals surface area contributed by atoms with Gasteiger partial charge in [0.1, 0.15) is 5.75 Å². The van der Waals surface area contributed by atoms with E-state index < -0.39 is 0 Å². The summed E-state index contributed by atoms with van der Waals surface area (Å²) in [6.07, 6.45) is 1.76. The maximum absolute atomic E-state index is 10.1. The minimum Gasteiger partial charge on any atom is -0.507 e. The van der Waals surface area contributed by atoms with Gasteiger partial charge in [-0.1, -0.05) is 60.2 Å². The number of phenols is 1. The van der Waals surface area contributed by atoms with Crippen LogP contribution in [0.25, 0.3) is 10.8 Å². The van der Waals surface area contributed by atoms with Crippen molar-refractivity contribution in [2.24, 2.45) is 4.99 Å². The summed E-state index contributed by atoms with van der Waals surface area (Å²) in [7, 11) is 0. The maximum Gasteiger partial charge on any atom is 0.124 e. The maximum atomic E-state index is 10.1. The van der Waals surface area contributed by atoms with Gasteiger partial charge in [-0.15, -0.1) is 0 Å². The van der Waals surface area contributed by atoms with Crippen molar-refractivity contribution in [2.75, 3.05) is 0 Å². The van der Waals surface area contributed by atoms with Crippen LogP contribution in [0.3, 0.4) is 0 Å². The smallest absolute Gasteiger partial charge is 0.124 e. The fraction of sp³-hybridized carbons (Fsp3) is 0.105. The molecule has 0 aromatic heterocycles. The van der Waals surface area contributed by atoms with E-state index in [9.17, 15) is 5.11 Å². The molecular formula is C19H17NO. The second kappa shape index (κ2) is 5.80. The summed E-state index contributed by atoms with van der Waals surface area (Å²) in [5.74, 6) is 0.265. The normalized spacial score (nSPS) is 11.3. The first-order valence-electron chi connectivity index (χ1n) is 7.00. The summed E-state index contributed by atoms with van der Waals surface area (Å²) in [5.41, 5.74) is 3.19. The Labute approximate surface area is 124 Å². The quantitative estimate of drug-likeness (QED) is 0.703. The van der Waals surface area contributed by atoms with Gasteiger partial charge in [0.25, 0.3) is 0 Å². The molecule has 2 nitrogen and oxygen atoms in total. The molecule has 0 spiro atoms. The summed E-state index contributed by atoms with van der Waals surface area (Å²) in [6.45, 7) is 2.68. The first-order valence-corrected chi connectivity index (χ1v) is 7.00. The van der Waals surface area contributed by atoms with Crippen LogP contribution in [-0.4, -0.2) is 11.3 Å². The molecule has 0 saturated heterocycles. The number of aromatic hydroxyl groups is 1. The standard InChI is InChI=1S/C19H17NO/c1-14-6-8-15(9-7-14)12-20-13-18-17-5-3-2-4-16(17)10-11-19(18)21/h2-11,13,21H,12H2,1H3. The number of aryl methyl sites for hydroxylation is 1. The molecule has 3 rings (SSSR count). The highest BCUT2D eigenvalue weighted by Crippen LogP contribution is 2.25. The van der Waals surface area contributed by atoms with Crippen molar-refractivity contribution < 1.29 is 5.11 Å². The van der Waals surface area contributed by atoms with Gasteiger partial charge in [0.05, 0.1) is 6.54 Å². The van der Waals surface area contributed by atoms with Gasteiger partial charge >= 0.3 is 0 Å². The monoisotopic (exact) mass is 275 g/mol. The Morgan fingerprint density at radius 1 is 0.952 bits per heavy atom. The molecule has 0 aliphatic heterocycles. The highest BCUT2D eigenvalue weighted by molar-refractivity contribution is 6.02. The molecule has 104 valence electrons. The topological polar surface area (TPSA) is 32.6 Å². The number of benzene rings is 3. The van der Waals surface area contributed by atoms with Crippen LogP contribution in [0.5, 0.6) is 5.75 Å². The fourth-order valence-corrected chi connectivity index (χ4v) is 2.36. The van der Waals surface area contributed by atoms with E-state index in [1.165, 1.54) is 5.56 Å². The van der Waals surface area contributed by atoms with E-state index in [0.717, 1.165) is 21.9 Å². The van der Waals surface area contributed by atoms with Crippen LogP contribution in [0.4, 0.5) is 0 Å². The van der Waals surface area contributed by atoms with E-state index in [4.69, 9.17) is 0 Å². The lowest BCUT2D eigenvalue weighted by molar-refractivity contribution is 0.475. The molecule has 0 bridgehead atoms. The first-order chi connectivity index (χ1) is 10.2. The van der Waals surface area contributed by atoms with Gasteiger partial charge in [-0.25, -0.2) is 0 Å². The number of aliphatic imine (C=N–C) groups is 1. The molecule has 0 saturated carbocycles. The number of hydrogen-bond acceptors (Lipinski definition) is 2. The number of nitrogens with zero attached hydrogens (tertiary/aromatic N) is 1. The van der Waals surface area contributed by atoms with Crippen molar-refractivity contribution in [2.45, 2.75) is 13.5 Å². The molecule has 0 unspecified atom stereocenters. The van der Waals surface area contributed by atoms with Crippen molar-refractivity contribution in [3.05, 3.63) is 77.4 Å². The highest BCUT2D eigenvalue weighted by atomic mass is 16.3. The summed E-state index contributed by atoms with van der Waals surface area (Å²) < 4.78 is 0. The van der Waals surface area contributed by atoms with Crippen molar-refractivity contribution in [1.29, 1.82) is 0 Å². The van der Waals surface area contributed by atoms with Crippen LogP contribution >= 0.6 is 0 Å². The van der Waals surface area contributed by atoms with Crippen LogP contribution in [0, 0.1) is 6.92 Å². The zero-order chi connectivity index (χ0) is 14.7. The highest BCUT2D eigenvalue weighted by Gasteiger charge is 2.03. The Morgan fingerprint density at radius 3 is 2.52 bits per heavy atom. The Hall–Kier alpha value is -2.61. The summed E-state index contributed by atoms with van der Waals surface area (Å²) in [4.78, 5) is 4.47. The van der Waals surface area contributed by atoms with E-state index in [-0.39, 0.29) is 5.75 Å². The van der Waals surface area contributed by atoms with Gasteiger partial charge in [-0.2, -0.15) is 0 Å². The number of rotatable bonds is 3. The molecule has 0 atom stereocenters. The van der Waals surface area contributed by atoms with E-state index in [0.29, 0.717) is 6.54 Å².